The fourth-order valence-corrected chi connectivity index (χ4v) is 4.77. The normalized spacial score (nSPS) is 16.3. The van der Waals surface area contributed by atoms with Crippen LogP contribution in [-0.4, -0.2) is 69.5 Å². The number of piperidine rings is 1. The monoisotopic (exact) mass is 543 g/mol. The van der Waals surface area contributed by atoms with Crippen LogP contribution >= 0.6 is 28.6 Å². The molecule has 1 fully saturated rings. The molecule has 1 aliphatic rings. The predicted octanol–water partition coefficient (Wildman–Crippen LogP) is 2.61. The number of thiol groups is 1. The van der Waals surface area contributed by atoms with Crippen LogP contribution in [0, 0.1) is 0 Å². The van der Waals surface area contributed by atoms with Crippen molar-refractivity contribution in [3.8, 4) is 22.8 Å². The molecule has 3 N–H and O–H groups in total. The lowest BCUT2D eigenvalue weighted by Crippen LogP contribution is -2.41. The second kappa shape index (κ2) is 9.22. The second-order valence-electron chi connectivity index (χ2n) is 8.04. The van der Waals surface area contributed by atoms with Crippen LogP contribution < -0.4 is 5.73 Å². The molecule has 11 nitrogen and oxygen atoms in total. The molecule has 1 atom stereocenters. The van der Waals surface area contributed by atoms with Gasteiger partial charge in [0, 0.05) is 24.0 Å². The number of amides is 1. The van der Waals surface area contributed by atoms with Gasteiger partial charge in [0.15, 0.2) is 5.65 Å². The number of likely N-dealkylation sites (tertiary alicyclic amines) is 1. The summed E-state index contributed by atoms with van der Waals surface area (Å²) in [5, 5.41) is 24.1. The van der Waals surface area contributed by atoms with Gasteiger partial charge in [0.25, 0.3) is 0 Å². The zero-order chi connectivity index (χ0) is 23.8. The molecule has 1 aromatic carbocycles. The average Bonchev–Trinajstić information content (AvgIpc) is 3.47. The van der Waals surface area contributed by atoms with Gasteiger partial charge in [-0.2, -0.15) is 17.7 Å². The quantitative estimate of drug-likeness (QED) is 0.326. The zero-order valence-corrected chi connectivity index (χ0v) is 20.5. The molecule has 176 valence electrons. The Morgan fingerprint density at radius 3 is 3.00 bits per heavy atom. The first kappa shape index (κ1) is 22.6. The number of aromatic nitrogens is 7. The smallest absolute Gasteiger partial charge is 0.223 e. The lowest BCUT2D eigenvalue weighted by atomic mass is 10.1. The Morgan fingerprint density at radius 2 is 2.18 bits per heavy atom. The van der Waals surface area contributed by atoms with Crippen LogP contribution in [0.1, 0.15) is 25.3 Å². The van der Waals surface area contributed by atoms with Crippen LogP contribution in [0.25, 0.3) is 28.1 Å². The van der Waals surface area contributed by atoms with E-state index in [0.29, 0.717) is 46.8 Å². The largest absolute Gasteiger partial charge is 0.506 e. The van der Waals surface area contributed by atoms with Gasteiger partial charge in [-0.25, -0.2) is 19.3 Å². The average molecular weight is 544 g/mol. The van der Waals surface area contributed by atoms with Crippen LogP contribution in [0.2, 0.25) is 0 Å². The molecule has 34 heavy (non-hydrogen) atoms. The van der Waals surface area contributed by atoms with Gasteiger partial charge < -0.3 is 15.7 Å². The van der Waals surface area contributed by atoms with Gasteiger partial charge in [-0.1, -0.05) is 21.1 Å². The number of rotatable bonds is 5. The SMILES string of the molecule is Nc1ncnc2c1c(-c1cn(-c3cc(Br)ccc3O)nn1)nn2[C@@H]1CCCN(C(=O)CCS)C1. The Bertz CT molecular complexity index is 1370. The van der Waals surface area contributed by atoms with Gasteiger partial charge in [-0.15, -0.1) is 5.10 Å². The van der Waals surface area contributed by atoms with Crippen LogP contribution in [0.3, 0.4) is 0 Å². The minimum atomic E-state index is -0.0627. The first-order chi connectivity index (χ1) is 16.5. The molecule has 0 bridgehead atoms. The number of fused-ring (bicyclic) bond motifs is 1. The molecule has 0 spiro atoms. The zero-order valence-electron chi connectivity index (χ0n) is 18.0. The van der Waals surface area contributed by atoms with E-state index in [1.54, 1.807) is 24.4 Å². The van der Waals surface area contributed by atoms with Crippen molar-refractivity contribution >= 4 is 51.3 Å². The van der Waals surface area contributed by atoms with E-state index < -0.39 is 0 Å². The molecule has 0 saturated carbocycles. The van der Waals surface area contributed by atoms with Crippen molar-refractivity contribution in [2.75, 3.05) is 24.6 Å². The Hall–Kier alpha value is -3.19. The number of phenolic OH excluding ortho intramolecular Hbond substituents is 1. The summed E-state index contributed by atoms with van der Waals surface area (Å²) in [5.41, 5.74) is 8.23. The highest BCUT2D eigenvalue weighted by atomic mass is 79.9. The summed E-state index contributed by atoms with van der Waals surface area (Å²) in [6.07, 6.45) is 5.19. The summed E-state index contributed by atoms with van der Waals surface area (Å²) in [6, 6.07) is 4.98. The van der Waals surface area contributed by atoms with Gasteiger partial charge in [0.2, 0.25) is 5.91 Å². The Kier molecular flexibility index (Phi) is 6.13. The maximum absolute atomic E-state index is 12.5. The number of carbonyl (C=O) groups is 1. The summed E-state index contributed by atoms with van der Waals surface area (Å²) >= 11 is 7.59. The number of hydrogen-bond donors (Lipinski definition) is 3. The third kappa shape index (κ3) is 4.09. The Balaban J connectivity index is 1.56. The number of nitrogens with zero attached hydrogens (tertiary/aromatic N) is 8. The molecule has 13 heteroatoms. The maximum Gasteiger partial charge on any atom is 0.223 e. The van der Waals surface area contributed by atoms with Crippen LogP contribution in [0.5, 0.6) is 5.75 Å². The van der Waals surface area contributed by atoms with Gasteiger partial charge in [-0.05, 0) is 36.8 Å². The van der Waals surface area contributed by atoms with E-state index in [4.69, 9.17) is 10.8 Å². The number of halogens is 1. The standard InChI is InChI=1S/C21H22BrN9O2S/c22-12-3-4-16(32)15(8-12)30-10-14(26-28-30)19-18-20(23)24-11-25-21(18)31(27-19)13-2-1-6-29(9-13)17(33)5-7-34/h3-4,8,10-11,13,32,34H,1-2,5-7,9H2,(H2,23,24,25)/t13-/m1/s1. The van der Waals surface area contributed by atoms with Crippen molar-refractivity contribution in [1.29, 1.82) is 0 Å². The molecule has 0 unspecified atom stereocenters. The number of anilines is 1. The summed E-state index contributed by atoms with van der Waals surface area (Å²) in [6.45, 7) is 1.25. The predicted molar refractivity (Wildman–Crippen MR) is 133 cm³/mol. The summed E-state index contributed by atoms with van der Waals surface area (Å²) < 4.78 is 4.08. The van der Waals surface area contributed by atoms with Gasteiger partial charge in [0.05, 0.1) is 17.6 Å². The van der Waals surface area contributed by atoms with Crippen LogP contribution in [0.4, 0.5) is 5.82 Å². The Morgan fingerprint density at radius 1 is 1.32 bits per heavy atom. The van der Waals surface area contributed by atoms with Gasteiger partial charge >= 0.3 is 0 Å². The van der Waals surface area contributed by atoms with Crippen LogP contribution in [0.15, 0.2) is 35.2 Å². The van der Waals surface area contributed by atoms with Crippen molar-refractivity contribution in [1.82, 2.24) is 39.6 Å². The van der Waals surface area contributed by atoms with Crippen LogP contribution in [-0.2, 0) is 4.79 Å². The first-order valence-electron chi connectivity index (χ1n) is 10.7. The van der Waals surface area contributed by atoms with Crippen molar-refractivity contribution in [2.24, 2.45) is 0 Å². The second-order valence-corrected chi connectivity index (χ2v) is 9.40. The minimum absolute atomic E-state index is 0.0612. The van der Waals surface area contributed by atoms with Crippen molar-refractivity contribution < 1.29 is 9.90 Å². The third-order valence-electron chi connectivity index (χ3n) is 5.86. The van der Waals surface area contributed by atoms with E-state index >= 15 is 0 Å². The van der Waals surface area contributed by atoms with E-state index in [0.717, 1.165) is 23.9 Å². The number of aromatic hydroxyl groups is 1. The highest BCUT2D eigenvalue weighted by Gasteiger charge is 2.29. The lowest BCUT2D eigenvalue weighted by molar-refractivity contribution is -0.132. The van der Waals surface area contributed by atoms with Crippen molar-refractivity contribution in [3.63, 3.8) is 0 Å². The molecule has 1 aliphatic heterocycles. The van der Waals surface area contributed by atoms with Gasteiger partial charge in [0.1, 0.15) is 35.0 Å². The van der Waals surface area contributed by atoms with Crippen molar-refractivity contribution in [2.45, 2.75) is 25.3 Å². The van der Waals surface area contributed by atoms with E-state index in [2.05, 4.69) is 48.8 Å². The number of carbonyl (C=O) groups excluding carboxylic acids is 1. The lowest BCUT2D eigenvalue weighted by Gasteiger charge is -2.33. The molecule has 0 aliphatic carbocycles. The molecule has 1 amide bonds. The molecular weight excluding hydrogens is 522 g/mol. The van der Waals surface area contributed by atoms with E-state index in [1.807, 2.05) is 9.58 Å². The maximum atomic E-state index is 12.5. The number of nitrogen functional groups attached to an aromatic ring is 1. The number of hydrogen-bond acceptors (Lipinski definition) is 9. The third-order valence-corrected chi connectivity index (χ3v) is 6.58. The molecule has 4 aromatic rings. The molecule has 4 heterocycles. The summed E-state index contributed by atoms with van der Waals surface area (Å²) in [7, 11) is 0. The first-order valence-corrected chi connectivity index (χ1v) is 12.2. The highest BCUT2D eigenvalue weighted by Crippen LogP contribution is 2.34. The van der Waals surface area contributed by atoms with Crippen molar-refractivity contribution in [3.05, 3.63) is 35.2 Å². The number of phenols is 1. The number of benzene rings is 1. The summed E-state index contributed by atoms with van der Waals surface area (Å²) in [4.78, 5) is 22.9. The molecule has 5 rings (SSSR count). The highest BCUT2D eigenvalue weighted by molar-refractivity contribution is 9.10. The fraction of sp³-hybridized carbons (Fsp3) is 0.333. The van der Waals surface area contributed by atoms with E-state index in [1.165, 1.54) is 11.0 Å². The number of nitrogens with two attached hydrogens (primary N) is 1. The van der Waals surface area contributed by atoms with Gasteiger partial charge in [-0.3, -0.25) is 4.79 Å². The van der Waals surface area contributed by atoms with E-state index in [9.17, 15) is 9.90 Å². The molecular formula is C21H22BrN9O2S. The topological polar surface area (TPSA) is 141 Å². The minimum Gasteiger partial charge on any atom is -0.506 e. The summed E-state index contributed by atoms with van der Waals surface area (Å²) in [5.74, 6) is 0.945. The Labute approximate surface area is 208 Å². The molecule has 0 radical (unpaired) electrons. The van der Waals surface area contributed by atoms with E-state index in [-0.39, 0.29) is 23.5 Å². The molecule has 1 saturated heterocycles. The fourth-order valence-electron chi connectivity index (χ4n) is 4.23. The molecule has 3 aromatic heterocycles.